The number of sulfonamides is 1. The Balaban J connectivity index is 1.45. The van der Waals surface area contributed by atoms with Crippen molar-refractivity contribution in [2.24, 2.45) is 5.10 Å². The molecule has 4 rings (SSSR count). The predicted octanol–water partition coefficient (Wildman–Crippen LogP) is 5.09. The van der Waals surface area contributed by atoms with Crippen LogP contribution in [0.15, 0.2) is 99.3 Å². The van der Waals surface area contributed by atoms with Crippen LogP contribution in [0.4, 0.5) is 5.69 Å². The first kappa shape index (κ1) is 28.3. The van der Waals surface area contributed by atoms with Crippen LogP contribution in [0.1, 0.15) is 34.2 Å². The molecule has 3 aromatic carbocycles. The molecule has 1 amide bonds. The number of furan rings is 1. The molecule has 1 N–H and O–H groups in total. The Labute approximate surface area is 233 Å². The van der Waals surface area contributed by atoms with Crippen LogP contribution in [-0.4, -0.2) is 39.7 Å². The molecule has 0 radical (unpaired) electrons. The predicted molar refractivity (Wildman–Crippen MR) is 153 cm³/mol. The lowest BCUT2D eigenvalue weighted by atomic mass is 10.1. The van der Waals surface area contributed by atoms with Gasteiger partial charge in [0.1, 0.15) is 18.1 Å². The summed E-state index contributed by atoms with van der Waals surface area (Å²) in [7, 11) is -4.02. The fourth-order valence-electron chi connectivity index (χ4n) is 3.76. The van der Waals surface area contributed by atoms with Crippen LogP contribution in [0.25, 0.3) is 11.3 Å². The molecule has 0 spiro atoms. The van der Waals surface area contributed by atoms with Crippen molar-refractivity contribution in [3.63, 3.8) is 0 Å². The number of carbonyl (C=O) groups is 2. The van der Waals surface area contributed by atoms with Gasteiger partial charge in [-0.15, -0.1) is 0 Å². The normalized spacial score (nSPS) is 11.4. The van der Waals surface area contributed by atoms with Crippen molar-refractivity contribution in [3.8, 4) is 11.3 Å². The standard InChI is InChI=1S/C30H29N3O6S/c1-4-38-30(35)24-11-9-23(10-12-24)28-18-15-26(39-28)19-31-32-29(34)20-33(25-13-5-21(2)6-14-25)40(36,37)27-16-7-22(3)8-17-27/h5-19H,4,20H2,1-3H3,(H,32,34)/b31-19+. The van der Waals surface area contributed by atoms with Gasteiger partial charge in [0.2, 0.25) is 0 Å². The van der Waals surface area contributed by atoms with Crippen LogP contribution in [0.3, 0.4) is 0 Å². The second-order valence-electron chi connectivity index (χ2n) is 8.95. The summed E-state index contributed by atoms with van der Waals surface area (Å²) in [5, 5.41) is 3.93. The number of benzene rings is 3. The third-order valence-electron chi connectivity index (χ3n) is 5.91. The summed E-state index contributed by atoms with van der Waals surface area (Å²) in [6, 6.07) is 23.5. The van der Waals surface area contributed by atoms with E-state index in [1.54, 1.807) is 79.7 Å². The van der Waals surface area contributed by atoms with E-state index in [0.29, 0.717) is 29.4 Å². The van der Waals surface area contributed by atoms with Crippen molar-refractivity contribution in [2.75, 3.05) is 17.5 Å². The van der Waals surface area contributed by atoms with E-state index < -0.39 is 28.4 Å². The largest absolute Gasteiger partial charge is 0.462 e. The first-order valence-corrected chi connectivity index (χ1v) is 14.0. The molecule has 40 heavy (non-hydrogen) atoms. The molecular weight excluding hydrogens is 530 g/mol. The average molecular weight is 560 g/mol. The summed E-state index contributed by atoms with van der Waals surface area (Å²) < 4.78 is 38.7. The number of aryl methyl sites for hydroxylation is 2. The Morgan fingerprint density at radius 3 is 2.15 bits per heavy atom. The van der Waals surface area contributed by atoms with Gasteiger partial charge in [-0.25, -0.2) is 18.6 Å². The van der Waals surface area contributed by atoms with Crippen molar-refractivity contribution in [1.29, 1.82) is 0 Å². The van der Waals surface area contributed by atoms with Crippen LogP contribution < -0.4 is 9.73 Å². The number of hydrazone groups is 1. The van der Waals surface area contributed by atoms with Crippen LogP contribution in [-0.2, 0) is 19.6 Å². The molecule has 0 unspecified atom stereocenters. The molecule has 1 aromatic heterocycles. The lowest BCUT2D eigenvalue weighted by molar-refractivity contribution is -0.119. The Morgan fingerprint density at radius 2 is 1.52 bits per heavy atom. The SMILES string of the molecule is CCOC(=O)c1ccc(-c2ccc(/C=N/NC(=O)CN(c3ccc(C)cc3)S(=O)(=O)c3ccc(C)cc3)o2)cc1. The molecule has 4 aromatic rings. The summed E-state index contributed by atoms with van der Waals surface area (Å²) >= 11 is 0. The molecule has 206 valence electrons. The molecule has 0 aliphatic carbocycles. The van der Waals surface area contributed by atoms with Gasteiger partial charge in [0.25, 0.3) is 15.9 Å². The van der Waals surface area contributed by atoms with Crippen LogP contribution in [0.2, 0.25) is 0 Å². The van der Waals surface area contributed by atoms with E-state index in [-0.39, 0.29) is 4.90 Å². The van der Waals surface area contributed by atoms with E-state index in [9.17, 15) is 18.0 Å². The third-order valence-corrected chi connectivity index (χ3v) is 7.69. The van der Waals surface area contributed by atoms with Gasteiger partial charge in [-0.2, -0.15) is 5.10 Å². The van der Waals surface area contributed by atoms with Crippen molar-refractivity contribution >= 4 is 33.8 Å². The highest BCUT2D eigenvalue weighted by Gasteiger charge is 2.27. The summed E-state index contributed by atoms with van der Waals surface area (Å²) in [5.74, 6) is -0.121. The van der Waals surface area contributed by atoms with Crippen LogP contribution >= 0.6 is 0 Å². The van der Waals surface area contributed by atoms with E-state index in [1.807, 2.05) is 13.8 Å². The minimum atomic E-state index is -4.02. The second kappa shape index (κ2) is 12.4. The fraction of sp³-hybridized carbons (Fsp3) is 0.167. The Hall–Kier alpha value is -4.70. The number of hydrogen-bond donors (Lipinski definition) is 1. The molecule has 0 bridgehead atoms. The molecular formula is C30H29N3O6S. The first-order chi connectivity index (χ1) is 19.2. The minimum Gasteiger partial charge on any atom is -0.462 e. The molecule has 0 saturated heterocycles. The van der Waals surface area contributed by atoms with E-state index in [1.165, 1.54) is 18.3 Å². The maximum absolute atomic E-state index is 13.5. The van der Waals surface area contributed by atoms with Crippen molar-refractivity contribution in [3.05, 3.63) is 107 Å². The summed E-state index contributed by atoms with van der Waals surface area (Å²) in [6.07, 6.45) is 1.32. The number of nitrogens with one attached hydrogen (secondary N) is 1. The highest BCUT2D eigenvalue weighted by Crippen LogP contribution is 2.25. The van der Waals surface area contributed by atoms with Gasteiger partial charge >= 0.3 is 5.97 Å². The molecule has 0 atom stereocenters. The monoisotopic (exact) mass is 559 g/mol. The Morgan fingerprint density at radius 1 is 0.900 bits per heavy atom. The quantitative estimate of drug-likeness (QED) is 0.164. The van der Waals surface area contributed by atoms with E-state index >= 15 is 0 Å². The topological polar surface area (TPSA) is 118 Å². The molecule has 0 fully saturated rings. The Kier molecular flexibility index (Phi) is 8.80. The van der Waals surface area contributed by atoms with E-state index in [4.69, 9.17) is 9.15 Å². The number of hydrogen-bond acceptors (Lipinski definition) is 7. The average Bonchev–Trinajstić information content (AvgIpc) is 3.42. The molecule has 0 aliphatic heterocycles. The number of ether oxygens (including phenoxy) is 1. The van der Waals surface area contributed by atoms with E-state index in [0.717, 1.165) is 21.0 Å². The lowest BCUT2D eigenvalue weighted by Crippen LogP contribution is -2.39. The molecule has 1 heterocycles. The number of anilines is 1. The number of carbonyl (C=O) groups excluding carboxylic acids is 2. The third kappa shape index (κ3) is 6.83. The Bertz CT molecular complexity index is 1610. The molecule has 0 saturated carbocycles. The minimum absolute atomic E-state index is 0.0772. The second-order valence-corrected chi connectivity index (χ2v) is 10.8. The van der Waals surface area contributed by atoms with Gasteiger partial charge in [0.15, 0.2) is 0 Å². The number of rotatable bonds is 10. The zero-order valence-electron chi connectivity index (χ0n) is 22.3. The summed E-state index contributed by atoms with van der Waals surface area (Å²) in [5.41, 5.74) is 5.78. The van der Waals surface area contributed by atoms with E-state index in [2.05, 4.69) is 10.5 Å². The fourth-order valence-corrected chi connectivity index (χ4v) is 5.18. The van der Waals surface area contributed by atoms with Gasteiger partial charge in [0, 0.05) is 5.56 Å². The van der Waals surface area contributed by atoms with Crippen molar-refractivity contribution in [2.45, 2.75) is 25.7 Å². The van der Waals surface area contributed by atoms with Crippen molar-refractivity contribution in [1.82, 2.24) is 5.43 Å². The number of esters is 1. The lowest BCUT2D eigenvalue weighted by Gasteiger charge is -2.24. The number of nitrogens with zero attached hydrogens (tertiary/aromatic N) is 2. The maximum Gasteiger partial charge on any atom is 0.338 e. The zero-order valence-corrected chi connectivity index (χ0v) is 23.1. The van der Waals surface area contributed by atoms with Gasteiger partial charge < -0.3 is 9.15 Å². The smallest absolute Gasteiger partial charge is 0.338 e. The highest BCUT2D eigenvalue weighted by molar-refractivity contribution is 7.92. The first-order valence-electron chi connectivity index (χ1n) is 12.5. The zero-order chi connectivity index (χ0) is 28.7. The van der Waals surface area contributed by atoms with Gasteiger partial charge in [-0.3, -0.25) is 9.10 Å². The van der Waals surface area contributed by atoms with Gasteiger partial charge in [-0.05, 0) is 69.3 Å². The molecule has 10 heteroatoms. The van der Waals surface area contributed by atoms with Crippen LogP contribution in [0.5, 0.6) is 0 Å². The number of amides is 1. The summed E-state index contributed by atoms with van der Waals surface area (Å²) in [4.78, 5) is 24.7. The van der Waals surface area contributed by atoms with Crippen molar-refractivity contribution < 1.29 is 27.2 Å². The highest BCUT2D eigenvalue weighted by atomic mass is 32.2. The maximum atomic E-state index is 13.5. The molecule has 0 aliphatic rings. The van der Waals surface area contributed by atoms with Gasteiger partial charge in [0.05, 0.1) is 29.0 Å². The molecule has 9 nitrogen and oxygen atoms in total. The van der Waals surface area contributed by atoms with Crippen LogP contribution in [0, 0.1) is 13.8 Å². The summed E-state index contributed by atoms with van der Waals surface area (Å²) in [6.45, 7) is 5.32. The van der Waals surface area contributed by atoms with Gasteiger partial charge in [-0.1, -0.05) is 47.5 Å².